The van der Waals surface area contributed by atoms with Gasteiger partial charge in [0.15, 0.2) is 0 Å². The molecule has 252 valence electrons. The summed E-state index contributed by atoms with van der Waals surface area (Å²) in [6.07, 6.45) is 33.9. The summed E-state index contributed by atoms with van der Waals surface area (Å²) in [4.78, 5) is 20.6. The Morgan fingerprint density at radius 3 is 0.721 bits per heavy atom. The Kier molecular flexibility index (Phi) is 45.0. The van der Waals surface area contributed by atoms with Crippen molar-refractivity contribution in [1.82, 2.24) is 0 Å². The van der Waals surface area contributed by atoms with Crippen molar-refractivity contribution < 1.29 is 30.0 Å². The molecule has 0 aromatic heterocycles. The van der Waals surface area contributed by atoms with Gasteiger partial charge in [-0.2, -0.15) is 0 Å². The van der Waals surface area contributed by atoms with Crippen molar-refractivity contribution in [2.75, 3.05) is 0 Å². The van der Waals surface area contributed by atoms with Gasteiger partial charge in [0.2, 0.25) is 0 Å². The van der Waals surface area contributed by atoms with E-state index in [-0.39, 0.29) is 48.9 Å². The summed E-state index contributed by atoms with van der Waals surface area (Å²) in [5, 5.41) is 38.7. The Morgan fingerprint density at radius 1 is 0.395 bits per heavy atom. The van der Waals surface area contributed by atoms with Crippen LogP contribution in [0.3, 0.4) is 0 Å². The van der Waals surface area contributed by atoms with Gasteiger partial charge in [-0.05, 0) is 12.8 Å². The number of carbonyl (C=O) groups is 2. The van der Waals surface area contributed by atoms with Crippen LogP contribution in [-0.4, -0.2) is 83.2 Å². The second kappa shape index (κ2) is 40.5. The first kappa shape index (κ1) is 47.8. The Bertz CT molecular complexity index is 512. The van der Waals surface area contributed by atoms with E-state index < -0.39 is 24.1 Å². The van der Waals surface area contributed by atoms with Crippen molar-refractivity contribution in [3.05, 3.63) is 0 Å². The fourth-order valence-electron chi connectivity index (χ4n) is 5.30. The topological polar surface area (TPSA) is 121 Å². The van der Waals surface area contributed by atoms with Crippen molar-refractivity contribution in [3.63, 3.8) is 0 Å². The number of carboxylic acid groups (broad SMARTS) is 2. The number of rotatable bonds is 32. The number of unbranched alkanes of at least 4 members (excludes halogenated alkanes) is 26. The van der Waals surface area contributed by atoms with Gasteiger partial charge in [0.1, 0.15) is 0 Å². The number of aliphatic hydroxyl groups is 2. The molecule has 0 aromatic carbocycles. The molecule has 0 saturated carbocycles. The first-order valence-electron chi connectivity index (χ1n) is 18.1. The second-order valence-corrected chi connectivity index (χ2v) is 12.4. The summed E-state index contributed by atoms with van der Waals surface area (Å²) in [6, 6.07) is 0. The SMILES string of the molecule is CCCCCCCCCCCCCCCCC(O)C(=O)[O-].CCCCCCCCCCCCCCCCC(O)C(=O)[O-].[Ba+2]. The van der Waals surface area contributed by atoms with Crippen LogP contribution in [0.5, 0.6) is 0 Å². The molecule has 43 heavy (non-hydrogen) atoms. The van der Waals surface area contributed by atoms with Crippen LogP contribution in [-0.2, 0) is 9.59 Å². The van der Waals surface area contributed by atoms with E-state index in [0.29, 0.717) is 12.8 Å². The zero-order valence-electron chi connectivity index (χ0n) is 28.6. The summed E-state index contributed by atoms with van der Waals surface area (Å²) in [5.41, 5.74) is 0. The molecule has 2 unspecified atom stereocenters. The molecule has 0 rings (SSSR count). The Labute approximate surface area is 307 Å². The molecule has 0 amide bonds. The Balaban J connectivity index is -0.000000727. The number of hydrogen-bond donors (Lipinski definition) is 2. The van der Waals surface area contributed by atoms with Crippen LogP contribution in [0, 0.1) is 0 Å². The molecule has 0 aliphatic carbocycles. The van der Waals surface area contributed by atoms with Gasteiger partial charge in [-0.15, -0.1) is 0 Å². The normalized spacial score (nSPS) is 12.2. The third kappa shape index (κ3) is 42.4. The zero-order chi connectivity index (χ0) is 31.5. The minimum atomic E-state index is -1.34. The van der Waals surface area contributed by atoms with E-state index in [1.165, 1.54) is 141 Å². The molecule has 0 spiro atoms. The molecular formula is C36H70BaO6. The fourth-order valence-corrected chi connectivity index (χ4v) is 5.30. The summed E-state index contributed by atoms with van der Waals surface area (Å²) in [7, 11) is 0. The van der Waals surface area contributed by atoms with E-state index in [9.17, 15) is 19.8 Å². The second-order valence-electron chi connectivity index (χ2n) is 12.4. The van der Waals surface area contributed by atoms with Crippen molar-refractivity contribution in [3.8, 4) is 0 Å². The van der Waals surface area contributed by atoms with E-state index in [2.05, 4.69) is 13.8 Å². The predicted molar refractivity (Wildman–Crippen MR) is 178 cm³/mol. The van der Waals surface area contributed by atoms with Gasteiger partial charge in [-0.25, -0.2) is 0 Å². The van der Waals surface area contributed by atoms with Gasteiger partial charge in [-0.1, -0.05) is 194 Å². The molecule has 0 fully saturated rings. The predicted octanol–water partition coefficient (Wildman–Crippen LogP) is 7.56. The van der Waals surface area contributed by atoms with Crippen LogP contribution in [0.1, 0.15) is 206 Å². The van der Waals surface area contributed by atoms with Gasteiger partial charge < -0.3 is 30.0 Å². The molecule has 0 aliphatic heterocycles. The molecule has 0 bridgehead atoms. The number of carboxylic acids is 2. The van der Waals surface area contributed by atoms with Crippen LogP contribution < -0.4 is 10.2 Å². The Morgan fingerprint density at radius 2 is 0.558 bits per heavy atom. The van der Waals surface area contributed by atoms with E-state index in [4.69, 9.17) is 10.2 Å². The minimum Gasteiger partial charge on any atom is -0.547 e. The standard InChI is InChI=1S/2C18H36O3.Ba/c2*1-2-3-4-5-6-7-8-9-10-11-12-13-14-15-16-17(19)18(20)21;/h2*17,19H,2-16H2,1H3,(H,20,21);/q;;+2/p-2. The number of hydrogen-bond acceptors (Lipinski definition) is 6. The summed E-state index contributed by atoms with van der Waals surface area (Å²) in [5.74, 6) is -2.69. The monoisotopic (exact) mass is 736 g/mol. The van der Waals surface area contributed by atoms with Gasteiger partial charge >= 0.3 is 48.9 Å². The maximum Gasteiger partial charge on any atom is 2.00 e. The fraction of sp³-hybridized carbons (Fsp3) is 0.944. The van der Waals surface area contributed by atoms with Crippen molar-refractivity contribution in [1.29, 1.82) is 0 Å². The van der Waals surface area contributed by atoms with Crippen molar-refractivity contribution in [2.24, 2.45) is 0 Å². The smallest absolute Gasteiger partial charge is 0.547 e. The van der Waals surface area contributed by atoms with Crippen molar-refractivity contribution in [2.45, 2.75) is 219 Å². The van der Waals surface area contributed by atoms with E-state index in [1.54, 1.807) is 0 Å². The Hall–Kier alpha value is 0.431. The van der Waals surface area contributed by atoms with Crippen LogP contribution in [0.25, 0.3) is 0 Å². The average Bonchev–Trinajstić information content (AvgIpc) is 2.97. The summed E-state index contributed by atoms with van der Waals surface area (Å²) >= 11 is 0. The van der Waals surface area contributed by atoms with Crippen LogP contribution in [0.15, 0.2) is 0 Å². The molecule has 2 atom stereocenters. The average molecular weight is 736 g/mol. The van der Waals surface area contributed by atoms with Crippen molar-refractivity contribution >= 4 is 60.8 Å². The van der Waals surface area contributed by atoms with Gasteiger partial charge in [-0.3, -0.25) is 0 Å². The first-order valence-corrected chi connectivity index (χ1v) is 18.1. The molecule has 6 nitrogen and oxygen atoms in total. The maximum absolute atomic E-state index is 10.3. The third-order valence-corrected chi connectivity index (χ3v) is 8.21. The van der Waals surface area contributed by atoms with Crippen LogP contribution in [0.2, 0.25) is 0 Å². The molecule has 7 heteroatoms. The van der Waals surface area contributed by atoms with Gasteiger partial charge in [0.25, 0.3) is 0 Å². The number of aliphatic carboxylic acids is 2. The molecule has 0 saturated heterocycles. The van der Waals surface area contributed by atoms with Gasteiger partial charge in [0, 0.05) is 0 Å². The van der Waals surface area contributed by atoms with E-state index >= 15 is 0 Å². The summed E-state index contributed by atoms with van der Waals surface area (Å²) in [6.45, 7) is 4.51. The minimum absolute atomic E-state index is 0. The third-order valence-electron chi connectivity index (χ3n) is 8.21. The van der Waals surface area contributed by atoms with Gasteiger partial charge in [0.05, 0.1) is 24.1 Å². The van der Waals surface area contributed by atoms with Crippen LogP contribution in [0.4, 0.5) is 0 Å². The molecule has 0 radical (unpaired) electrons. The zero-order valence-corrected chi connectivity index (χ0v) is 33.0. The number of carbonyl (C=O) groups excluding carboxylic acids is 2. The largest absolute Gasteiger partial charge is 2.00 e. The summed E-state index contributed by atoms with van der Waals surface area (Å²) < 4.78 is 0. The van der Waals surface area contributed by atoms with E-state index in [1.807, 2.05) is 0 Å². The molecule has 0 aliphatic rings. The van der Waals surface area contributed by atoms with Crippen LogP contribution >= 0.6 is 0 Å². The quantitative estimate of drug-likeness (QED) is 0.0544. The molecule has 2 N–H and O–H groups in total. The molecule has 0 heterocycles. The molecular weight excluding hydrogens is 666 g/mol. The van der Waals surface area contributed by atoms with E-state index in [0.717, 1.165) is 38.5 Å². The maximum atomic E-state index is 10.3. The number of aliphatic hydroxyl groups excluding tert-OH is 2. The first-order chi connectivity index (χ1) is 20.4. The molecule has 0 aromatic rings.